The third-order valence-corrected chi connectivity index (χ3v) is 7.14. The number of fused-ring (bicyclic) bond motifs is 1. The minimum absolute atomic E-state index is 0.0384. The Hall–Kier alpha value is -4.92. The highest BCUT2D eigenvalue weighted by molar-refractivity contribution is 5.99. The predicted molar refractivity (Wildman–Crippen MR) is 154 cm³/mol. The molecule has 0 atom stereocenters. The van der Waals surface area contributed by atoms with Crippen LogP contribution in [0.15, 0.2) is 53.7 Å². The molecule has 1 aromatic carbocycles. The van der Waals surface area contributed by atoms with Gasteiger partial charge in [0, 0.05) is 43.2 Å². The highest BCUT2D eigenvalue weighted by atomic mass is 19.4. The van der Waals surface area contributed by atoms with Crippen LogP contribution in [0.1, 0.15) is 31.7 Å². The fourth-order valence-corrected chi connectivity index (χ4v) is 4.68. The van der Waals surface area contributed by atoms with Crippen LogP contribution in [-0.2, 0) is 14.3 Å². The molecule has 4 aromatic rings. The summed E-state index contributed by atoms with van der Waals surface area (Å²) in [5.41, 5.74) is 3.37. The highest BCUT2D eigenvalue weighted by Gasteiger charge is 2.38. The number of H-pyrrole nitrogens is 1. The predicted octanol–water partition coefficient (Wildman–Crippen LogP) is 4.87. The van der Waals surface area contributed by atoms with Gasteiger partial charge in [-0.25, -0.2) is 9.78 Å². The van der Waals surface area contributed by atoms with Crippen molar-refractivity contribution in [2.75, 3.05) is 31.0 Å². The van der Waals surface area contributed by atoms with Gasteiger partial charge in [-0.15, -0.1) is 0 Å². The van der Waals surface area contributed by atoms with Crippen LogP contribution in [0.2, 0.25) is 0 Å². The number of aromatic amines is 1. The first-order valence-corrected chi connectivity index (χ1v) is 13.7. The molecule has 4 heterocycles. The number of pyridine rings is 2. The summed E-state index contributed by atoms with van der Waals surface area (Å²) in [5.74, 6) is -1.76. The Labute approximate surface area is 248 Å². The van der Waals surface area contributed by atoms with Crippen LogP contribution in [0.4, 0.5) is 30.4 Å². The average Bonchev–Trinajstić information content (AvgIpc) is 3.74. The molecule has 2 aliphatic rings. The van der Waals surface area contributed by atoms with Gasteiger partial charge in [0.15, 0.2) is 0 Å². The zero-order valence-electron chi connectivity index (χ0n) is 23.5. The van der Waals surface area contributed by atoms with Crippen molar-refractivity contribution in [3.8, 4) is 16.9 Å². The summed E-state index contributed by atoms with van der Waals surface area (Å²) in [4.78, 5) is 41.1. The number of ether oxygens (including phenoxy) is 2. The lowest BCUT2D eigenvalue weighted by atomic mass is 10.1. The molecule has 1 amide bonds. The second-order valence-corrected chi connectivity index (χ2v) is 10.3. The molecule has 1 aliphatic carbocycles. The molecule has 15 heteroatoms. The number of nitrogens with zero attached hydrogens (tertiary/aromatic N) is 3. The number of alkyl halides is 3. The number of rotatable bonds is 7. The molecule has 1 aliphatic heterocycles. The normalized spacial score (nSPS) is 15.3. The first-order chi connectivity index (χ1) is 21.0. The number of benzene rings is 1. The number of halogens is 3. The van der Waals surface area contributed by atoms with Gasteiger partial charge in [0.2, 0.25) is 5.91 Å². The van der Waals surface area contributed by atoms with E-state index in [-0.39, 0.29) is 17.4 Å². The van der Waals surface area contributed by atoms with Crippen molar-refractivity contribution in [3.05, 3.63) is 59.3 Å². The fourth-order valence-electron chi connectivity index (χ4n) is 4.68. The lowest BCUT2D eigenvalue weighted by Gasteiger charge is -2.22. The molecular formula is C29H29F3N6O6. The van der Waals surface area contributed by atoms with E-state index >= 15 is 0 Å². The first kappa shape index (κ1) is 30.5. The summed E-state index contributed by atoms with van der Waals surface area (Å²) in [6.45, 7) is 1.51. The van der Waals surface area contributed by atoms with E-state index in [1.807, 2.05) is 29.1 Å². The van der Waals surface area contributed by atoms with Crippen LogP contribution >= 0.6 is 0 Å². The average molecular weight is 615 g/mol. The van der Waals surface area contributed by atoms with Gasteiger partial charge >= 0.3 is 12.1 Å². The van der Waals surface area contributed by atoms with Gasteiger partial charge in [0.05, 0.1) is 41.6 Å². The second-order valence-electron chi connectivity index (χ2n) is 10.3. The molecule has 1 saturated heterocycles. The van der Waals surface area contributed by atoms with Crippen molar-refractivity contribution in [1.29, 1.82) is 0 Å². The van der Waals surface area contributed by atoms with Crippen molar-refractivity contribution < 1.29 is 37.3 Å². The summed E-state index contributed by atoms with van der Waals surface area (Å²) >= 11 is 0. The van der Waals surface area contributed by atoms with Crippen molar-refractivity contribution >= 4 is 40.0 Å². The summed E-state index contributed by atoms with van der Waals surface area (Å²) in [6.07, 6.45) is 4.07. The Morgan fingerprint density at radius 2 is 1.82 bits per heavy atom. The van der Waals surface area contributed by atoms with Gasteiger partial charge in [0.25, 0.3) is 5.56 Å². The maximum atomic E-state index is 12.7. The van der Waals surface area contributed by atoms with Crippen LogP contribution in [0.5, 0.6) is 5.75 Å². The van der Waals surface area contributed by atoms with E-state index in [0.717, 1.165) is 50.0 Å². The molecule has 12 nitrogen and oxygen atoms in total. The molecule has 3 aromatic heterocycles. The molecule has 44 heavy (non-hydrogen) atoms. The quantitative estimate of drug-likeness (QED) is 0.228. The molecule has 232 valence electrons. The van der Waals surface area contributed by atoms with E-state index in [0.29, 0.717) is 39.9 Å². The molecule has 4 N–H and O–H groups in total. The minimum Gasteiger partial charge on any atom is -0.495 e. The van der Waals surface area contributed by atoms with Crippen molar-refractivity contribution in [3.63, 3.8) is 0 Å². The SMILES string of the molecule is COc1cc(-c2cnn(C3CCOCC3)c2)ccc1Nc1cc(NC(=O)C2CC2)nc2cc[nH]c(=O)c12.O=C(O)C(F)(F)F. The van der Waals surface area contributed by atoms with Crippen LogP contribution in [-0.4, -0.2) is 63.2 Å². The third kappa shape index (κ3) is 7.16. The number of hydrogen-bond donors (Lipinski definition) is 4. The highest BCUT2D eigenvalue weighted by Crippen LogP contribution is 2.36. The minimum atomic E-state index is -5.08. The maximum Gasteiger partial charge on any atom is 0.490 e. The van der Waals surface area contributed by atoms with Gasteiger partial charge < -0.3 is 30.2 Å². The Kier molecular flexibility index (Phi) is 8.85. The van der Waals surface area contributed by atoms with Crippen molar-refractivity contribution in [1.82, 2.24) is 19.7 Å². The monoisotopic (exact) mass is 614 g/mol. The number of hydrogen-bond acceptors (Lipinski definition) is 8. The van der Waals surface area contributed by atoms with E-state index in [2.05, 4.69) is 31.9 Å². The molecule has 6 rings (SSSR count). The third-order valence-electron chi connectivity index (χ3n) is 7.14. The topological polar surface area (TPSA) is 160 Å². The Balaban J connectivity index is 0.000000493. The summed E-state index contributed by atoms with van der Waals surface area (Å²) in [5, 5.41) is 18.3. The lowest BCUT2D eigenvalue weighted by Crippen LogP contribution is -2.21. The molecule has 0 spiro atoms. The van der Waals surface area contributed by atoms with E-state index in [4.69, 9.17) is 19.4 Å². The van der Waals surface area contributed by atoms with Gasteiger partial charge in [-0.2, -0.15) is 18.3 Å². The van der Waals surface area contributed by atoms with E-state index in [1.54, 1.807) is 25.4 Å². The number of anilines is 3. The second kappa shape index (κ2) is 12.8. The first-order valence-electron chi connectivity index (χ1n) is 13.7. The summed E-state index contributed by atoms with van der Waals surface area (Å²) < 4.78 is 44.9. The molecule has 0 unspecified atom stereocenters. The van der Waals surface area contributed by atoms with Crippen LogP contribution in [0.3, 0.4) is 0 Å². The number of aliphatic carboxylic acids is 1. The molecule has 2 fully saturated rings. The number of carboxylic acids is 1. The number of aromatic nitrogens is 4. The number of carbonyl (C=O) groups is 2. The standard InChI is InChI=1S/C27H28N6O4.C2HF3O2/c1-36-23-12-17(18-14-29-33(15-18)19-7-10-37-11-8-19)4-5-20(23)30-22-13-24(32-26(34)16-2-3-16)31-21-6-9-28-27(35)25(21)22;3-2(4,5)1(6)7/h4-6,9,12-16,19H,2-3,7-8,10-11H2,1H3,(H,28,35)(H2,30,31,32,34);(H,6,7). The van der Waals surface area contributed by atoms with Crippen LogP contribution < -0.4 is 20.9 Å². The maximum absolute atomic E-state index is 12.7. The lowest BCUT2D eigenvalue weighted by molar-refractivity contribution is -0.192. The van der Waals surface area contributed by atoms with E-state index < -0.39 is 12.1 Å². The summed E-state index contributed by atoms with van der Waals surface area (Å²) in [7, 11) is 1.61. The van der Waals surface area contributed by atoms with E-state index in [9.17, 15) is 22.8 Å². The number of carbonyl (C=O) groups excluding carboxylic acids is 1. The van der Waals surface area contributed by atoms with Crippen molar-refractivity contribution in [2.45, 2.75) is 37.9 Å². The zero-order valence-corrected chi connectivity index (χ0v) is 23.5. The summed E-state index contributed by atoms with van der Waals surface area (Å²) in [6, 6.07) is 9.58. The Morgan fingerprint density at radius 3 is 2.48 bits per heavy atom. The van der Waals surface area contributed by atoms with Crippen molar-refractivity contribution in [2.24, 2.45) is 5.92 Å². The molecule has 0 radical (unpaired) electrons. The number of methoxy groups -OCH3 is 1. The van der Waals surface area contributed by atoms with E-state index in [1.165, 1.54) is 0 Å². The molecule has 1 saturated carbocycles. The number of carboxylic acid groups (broad SMARTS) is 1. The molecular weight excluding hydrogens is 585 g/mol. The van der Waals surface area contributed by atoms with Gasteiger partial charge in [-0.3, -0.25) is 14.3 Å². The smallest absolute Gasteiger partial charge is 0.490 e. The number of nitrogens with one attached hydrogen (secondary N) is 3. The van der Waals surface area contributed by atoms with Gasteiger partial charge in [0.1, 0.15) is 11.6 Å². The Bertz CT molecular complexity index is 1730. The van der Waals surface area contributed by atoms with Gasteiger partial charge in [-0.1, -0.05) is 6.07 Å². The largest absolute Gasteiger partial charge is 0.495 e. The van der Waals surface area contributed by atoms with Gasteiger partial charge in [-0.05, 0) is 49.4 Å². The number of amides is 1. The van der Waals surface area contributed by atoms with Crippen LogP contribution in [0.25, 0.3) is 22.0 Å². The fraction of sp³-hybridized carbons (Fsp3) is 0.345. The van der Waals surface area contributed by atoms with Crippen LogP contribution in [0, 0.1) is 5.92 Å². The molecule has 0 bridgehead atoms. The Morgan fingerprint density at radius 1 is 1.09 bits per heavy atom. The zero-order chi connectivity index (χ0) is 31.4.